The van der Waals surface area contributed by atoms with E-state index in [2.05, 4.69) is 5.32 Å². The number of hydrogen-bond acceptors (Lipinski definition) is 3. The maximum absolute atomic E-state index is 11.5. The van der Waals surface area contributed by atoms with Crippen LogP contribution in [0.5, 0.6) is 0 Å². The summed E-state index contributed by atoms with van der Waals surface area (Å²) in [6.07, 6.45) is 8.26. The van der Waals surface area contributed by atoms with Crippen molar-refractivity contribution in [2.75, 3.05) is 13.2 Å². The van der Waals surface area contributed by atoms with Gasteiger partial charge >= 0.3 is 5.97 Å². The molecule has 0 radical (unpaired) electrons. The second-order valence-electron chi connectivity index (χ2n) is 5.32. The van der Waals surface area contributed by atoms with Crippen LogP contribution in [0, 0.1) is 0 Å². The standard InChI is InChI=1S/C13H23NO3/c15-12(16)13(7-3-1-2-4-8-13)14-10-11-6-5-9-17-11/h11,14H,1-10H2,(H,15,16). The minimum atomic E-state index is -0.692. The Morgan fingerprint density at radius 3 is 2.47 bits per heavy atom. The van der Waals surface area contributed by atoms with E-state index in [0.717, 1.165) is 58.0 Å². The minimum Gasteiger partial charge on any atom is -0.480 e. The Labute approximate surface area is 103 Å². The summed E-state index contributed by atoms with van der Waals surface area (Å²) in [4.78, 5) is 11.5. The van der Waals surface area contributed by atoms with Gasteiger partial charge < -0.3 is 9.84 Å². The SMILES string of the molecule is O=C(O)C1(NCC2CCCO2)CCCCCC1. The number of carboxylic acid groups (broad SMARTS) is 1. The molecule has 1 atom stereocenters. The Bertz CT molecular complexity index is 253. The van der Waals surface area contributed by atoms with Crippen LogP contribution >= 0.6 is 0 Å². The highest BCUT2D eigenvalue weighted by Crippen LogP contribution is 2.28. The molecule has 1 aliphatic carbocycles. The van der Waals surface area contributed by atoms with Crippen LogP contribution in [0.1, 0.15) is 51.4 Å². The molecular formula is C13H23NO3. The molecular weight excluding hydrogens is 218 g/mol. The second-order valence-corrected chi connectivity index (χ2v) is 5.32. The van der Waals surface area contributed by atoms with E-state index in [1.165, 1.54) is 0 Å². The van der Waals surface area contributed by atoms with Crippen LogP contribution in [0.15, 0.2) is 0 Å². The topological polar surface area (TPSA) is 58.6 Å². The molecule has 0 amide bonds. The number of ether oxygens (including phenoxy) is 1. The molecule has 1 unspecified atom stereocenters. The summed E-state index contributed by atoms with van der Waals surface area (Å²) in [6.45, 7) is 1.51. The zero-order valence-corrected chi connectivity index (χ0v) is 10.4. The molecule has 98 valence electrons. The van der Waals surface area contributed by atoms with Gasteiger partial charge in [0.2, 0.25) is 0 Å². The number of carboxylic acids is 1. The highest BCUT2D eigenvalue weighted by molar-refractivity contribution is 5.78. The van der Waals surface area contributed by atoms with Gasteiger partial charge in [-0.25, -0.2) is 0 Å². The number of hydrogen-bond donors (Lipinski definition) is 2. The van der Waals surface area contributed by atoms with Crippen LogP contribution in [-0.2, 0) is 9.53 Å². The highest BCUT2D eigenvalue weighted by atomic mass is 16.5. The third-order valence-electron chi connectivity index (χ3n) is 4.06. The third kappa shape index (κ3) is 3.19. The van der Waals surface area contributed by atoms with Crippen LogP contribution in [0.3, 0.4) is 0 Å². The van der Waals surface area contributed by atoms with Gasteiger partial charge in [-0.2, -0.15) is 0 Å². The van der Waals surface area contributed by atoms with Gasteiger partial charge in [-0.15, -0.1) is 0 Å². The summed E-state index contributed by atoms with van der Waals surface area (Å²) in [5.41, 5.74) is -0.692. The smallest absolute Gasteiger partial charge is 0.323 e. The molecule has 2 fully saturated rings. The molecule has 1 aliphatic heterocycles. The average molecular weight is 241 g/mol. The summed E-state index contributed by atoms with van der Waals surface area (Å²) >= 11 is 0. The Balaban J connectivity index is 1.92. The summed E-state index contributed by atoms with van der Waals surface area (Å²) in [5, 5.41) is 12.8. The van der Waals surface area contributed by atoms with Crippen molar-refractivity contribution < 1.29 is 14.6 Å². The van der Waals surface area contributed by atoms with E-state index in [0.29, 0.717) is 6.54 Å². The van der Waals surface area contributed by atoms with Gasteiger partial charge in [0.05, 0.1) is 6.10 Å². The fraction of sp³-hybridized carbons (Fsp3) is 0.923. The molecule has 2 rings (SSSR count). The quantitative estimate of drug-likeness (QED) is 0.738. The zero-order chi connectivity index (χ0) is 12.1. The lowest BCUT2D eigenvalue weighted by atomic mass is 9.90. The van der Waals surface area contributed by atoms with Gasteiger partial charge in [0.1, 0.15) is 5.54 Å². The van der Waals surface area contributed by atoms with E-state index >= 15 is 0 Å². The minimum absolute atomic E-state index is 0.217. The normalized spacial score (nSPS) is 28.8. The first kappa shape index (κ1) is 12.8. The summed E-state index contributed by atoms with van der Waals surface area (Å²) < 4.78 is 5.54. The van der Waals surface area contributed by atoms with Crippen molar-refractivity contribution in [2.45, 2.75) is 63.0 Å². The van der Waals surface area contributed by atoms with Gasteiger partial charge in [-0.3, -0.25) is 10.1 Å². The number of carbonyl (C=O) groups is 1. The van der Waals surface area contributed by atoms with Crippen LogP contribution in [0.25, 0.3) is 0 Å². The summed E-state index contributed by atoms with van der Waals surface area (Å²) in [6, 6.07) is 0. The molecule has 4 nitrogen and oxygen atoms in total. The fourth-order valence-electron chi connectivity index (χ4n) is 2.91. The number of nitrogens with one attached hydrogen (secondary N) is 1. The summed E-state index contributed by atoms with van der Waals surface area (Å²) in [7, 11) is 0. The Morgan fingerprint density at radius 1 is 1.24 bits per heavy atom. The number of aliphatic carboxylic acids is 1. The van der Waals surface area contributed by atoms with Gasteiger partial charge in [0.25, 0.3) is 0 Å². The third-order valence-corrected chi connectivity index (χ3v) is 4.06. The van der Waals surface area contributed by atoms with Crippen molar-refractivity contribution in [3.8, 4) is 0 Å². The molecule has 2 aliphatic rings. The van der Waals surface area contributed by atoms with Crippen molar-refractivity contribution >= 4 is 5.97 Å². The largest absolute Gasteiger partial charge is 0.480 e. The first-order valence-corrected chi connectivity index (χ1v) is 6.83. The lowest BCUT2D eigenvalue weighted by Gasteiger charge is -2.30. The molecule has 0 spiro atoms. The van der Waals surface area contributed by atoms with Crippen LogP contribution in [-0.4, -0.2) is 35.9 Å². The van der Waals surface area contributed by atoms with Gasteiger partial charge in [-0.05, 0) is 25.7 Å². The van der Waals surface area contributed by atoms with Crippen molar-refractivity contribution in [2.24, 2.45) is 0 Å². The van der Waals surface area contributed by atoms with Crippen molar-refractivity contribution in [3.05, 3.63) is 0 Å². The molecule has 0 aromatic carbocycles. The molecule has 0 bridgehead atoms. The van der Waals surface area contributed by atoms with E-state index < -0.39 is 11.5 Å². The molecule has 4 heteroatoms. The van der Waals surface area contributed by atoms with E-state index in [1.807, 2.05) is 0 Å². The van der Waals surface area contributed by atoms with E-state index in [1.54, 1.807) is 0 Å². The molecule has 17 heavy (non-hydrogen) atoms. The first-order chi connectivity index (χ1) is 8.23. The lowest BCUT2D eigenvalue weighted by Crippen LogP contribution is -2.53. The second kappa shape index (κ2) is 5.83. The van der Waals surface area contributed by atoms with Gasteiger partial charge in [-0.1, -0.05) is 25.7 Å². The Morgan fingerprint density at radius 2 is 1.94 bits per heavy atom. The Hall–Kier alpha value is -0.610. The van der Waals surface area contributed by atoms with Gasteiger partial charge in [0.15, 0.2) is 0 Å². The highest BCUT2D eigenvalue weighted by Gasteiger charge is 2.38. The average Bonchev–Trinajstić information content (AvgIpc) is 2.71. The molecule has 1 heterocycles. The first-order valence-electron chi connectivity index (χ1n) is 6.83. The van der Waals surface area contributed by atoms with Gasteiger partial charge in [0, 0.05) is 13.2 Å². The maximum Gasteiger partial charge on any atom is 0.323 e. The summed E-state index contributed by atoms with van der Waals surface area (Å²) in [5.74, 6) is -0.683. The zero-order valence-electron chi connectivity index (χ0n) is 10.4. The van der Waals surface area contributed by atoms with Crippen molar-refractivity contribution in [1.29, 1.82) is 0 Å². The monoisotopic (exact) mass is 241 g/mol. The predicted molar refractivity (Wildman–Crippen MR) is 65.0 cm³/mol. The maximum atomic E-state index is 11.5. The molecule has 0 aromatic heterocycles. The van der Waals surface area contributed by atoms with Crippen molar-refractivity contribution in [3.63, 3.8) is 0 Å². The molecule has 1 saturated carbocycles. The molecule has 0 aromatic rings. The van der Waals surface area contributed by atoms with Crippen LogP contribution < -0.4 is 5.32 Å². The fourth-order valence-corrected chi connectivity index (χ4v) is 2.91. The van der Waals surface area contributed by atoms with Crippen LogP contribution in [0.4, 0.5) is 0 Å². The molecule has 2 N–H and O–H groups in total. The van der Waals surface area contributed by atoms with E-state index in [9.17, 15) is 9.90 Å². The van der Waals surface area contributed by atoms with E-state index in [4.69, 9.17) is 4.74 Å². The predicted octanol–water partition coefficient (Wildman–Crippen LogP) is 1.93. The number of rotatable bonds is 4. The molecule has 1 saturated heterocycles. The lowest BCUT2D eigenvalue weighted by molar-refractivity contribution is -0.145. The van der Waals surface area contributed by atoms with E-state index in [-0.39, 0.29) is 6.10 Å². The Kier molecular flexibility index (Phi) is 4.40. The van der Waals surface area contributed by atoms with Crippen molar-refractivity contribution in [1.82, 2.24) is 5.32 Å². The van der Waals surface area contributed by atoms with Crippen LogP contribution in [0.2, 0.25) is 0 Å².